The molecule has 2 amide bonds. The third-order valence-corrected chi connectivity index (χ3v) is 4.62. The number of hydrogen-bond donors (Lipinski definition) is 1. The summed E-state index contributed by atoms with van der Waals surface area (Å²) >= 11 is 0. The van der Waals surface area contributed by atoms with Crippen LogP contribution in [0.15, 0.2) is 24.3 Å². The molecule has 0 aliphatic carbocycles. The summed E-state index contributed by atoms with van der Waals surface area (Å²) in [6.45, 7) is 8.61. The Labute approximate surface area is 161 Å². The van der Waals surface area contributed by atoms with Gasteiger partial charge < -0.3 is 24.4 Å². The van der Waals surface area contributed by atoms with Gasteiger partial charge in [0.25, 0.3) is 11.8 Å². The summed E-state index contributed by atoms with van der Waals surface area (Å²) in [6.07, 6.45) is 1.45. The maximum Gasteiger partial charge on any atom is 0.260 e. The first-order valence-corrected chi connectivity index (χ1v) is 9.52. The molecule has 1 saturated heterocycles. The van der Waals surface area contributed by atoms with Crippen molar-refractivity contribution in [3.63, 3.8) is 0 Å². The number of rotatable bonds is 9. The van der Waals surface area contributed by atoms with Crippen molar-refractivity contribution in [3.8, 4) is 5.75 Å². The van der Waals surface area contributed by atoms with Gasteiger partial charge in [0.2, 0.25) is 0 Å². The third-order valence-electron chi connectivity index (χ3n) is 4.62. The number of ether oxygens (including phenoxy) is 3. The highest BCUT2D eigenvalue weighted by atomic mass is 16.5. The summed E-state index contributed by atoms with van der Waals surface area (Å²) in [4.78, 5) is 26.3. The van der Waals surface area contributed by atoms with Crippen LogP contribution in [0.2, 0.25) is 0 Å². The minimum absolute atomic E-state index is 0.00945. The highest BCUT2D eigenvalue weighted by Gasteiger charge is 2.32. The van der Waals surface area contributed by atoms with Crippen LogP contribution in [0, 0.1) is 0 Å². The van der Waals surface area contributed by atoms with Gasteiger partial charge in [0.05, 0.1) is 13.2 Å². The van der Waals surface area contributed by atoms with E-state index in [9.17, 15) is 9.59 Å². The van der Waals surface area contributed by atoms with Crippen molar-refractivity contribution in [2.45, 2.75) is 39.2 Å². The lowest BCUT2D eigenvalue weighted by Gasteiger charge is -2.27. The predicted octanol–water partition coefficient (Wildman–Crippen LogP) is 2.46. The molecule has 0 spiro atoms. The summed E-state index contributed by atoms with van der Waals surface area (Å²) in [5.74, 6) is 0.354. The summed E-state index contributed by atoms with van der Waals surface area (Å²) in [6, 6.07) is 6.97. The van der Waals surface area contributed by atoms with Crippen LogP contribution in [0.1, 0.15) is 33.6 Å². The molecule has 0 radical (unpaired) electrons. The van der Waals surface area contributed by atoms with Crippen LogP contribution in [-0.4, -0.2) is 61.8 Å². The number of hydrogen-bond acceptors (Lipinski definition) is 5. The number of nitrogens with zero attached hydrogens (tertiary/aromatic N) is 1. The molecule has 0 aromatic heterocycles. The quantitative estimate of drug-likeness (QED) is 0.714. The Kier molecular flexibility index (Phi) is 8.06. The molecular formula is C20H30N2O5. The summed E-state index contributed by atoms with van der Waals surface area (Å²) in [5.41, 5.74) is -0.193. The van der Waals surface area contributed by atoms with E-state index in [1.54, 1.807) is 36.1 Å². The molecular weight excluding hydrogens is 348 g/mol. The minimum Gasteiger partial charge on any atom is -0.484 e. The number of anilines is 1. The molecule has 1 aliphatic rings. The molecule has 150 valence electrons. The van der Waals surface area contributed by atoms with E-state index in [2.05, 4.69) is 5.32 Å². The van der Waals surface area contributed by atoms with E-state index >= 15 is 0 Å². The van der Waals surface area contributed by atoms with E-state index in [0.29, 0.717) is 50.8 Å². The molecule has 1 atom stereocenters. The Hall–Kier alpha value is -2.12. The molecule has 1 aromatic rings. The van der Waals surface area contributed by atoms with E-state index in [1.807, 2.05) is 13.8 Å². The van der Waals surface area contributed by atoms with Crippen molar-refractivity contribution in [2.24, 2.45) is 0 Å². The van der Waals surface area contributed by atoms with Gasteiger partial charge in [0.1, 0.15) is 11.4 Å². The Balaban J connectivity index is 1.85. The van der Waals surface area contributed by atoms with Crippen LogP contribution >= 0.6 is 0 Å². The van der Waals surface area contributed by atoms with Crippen molar-refractivity contribution in [1.29, 1.82) is 0 Å². The Morgan fingerprint density at radius 1 is 1.19 bits per heavy atom. The van der Waals surface area contributed by atoms with Gasteiger partial charge in [-0.25, -0.2) is 0 Å². The molecule has 1 N–H and O–H groups in total. The smallest absolute Gasteiger partial charge is 0.260 e. The number of carbonyl (C=O) groups excluding carboxylic acids is 2. The van der Waals surface area contributed by atoms with Crippen molar-refractivity contribution in [2.75, 3.05) is 44.8 Å². The van der Waals surface area contributed by atoms with Crippen LogP contribution in [0.5, 0.6) is 5.75 Å². The molecule has 1 aliphatic heterocycles. The van der Waals surface area contributed by atoms with Gasteiger partial charge in [-0.15, -0.1) is 0 Å². The largest absolute Gasteiger partial charge is 0.484 e. The van der Waals surface area contributed by atoms with Crippen molar-refractivity contribution >= 4 is 17.5 Å². The number of amides is 2. The number of morpholine rings is 1. The summed E-state index contributed by atoms with van der Waals surface area (Å²) in [7, 11) is 0. The van der Waals surface area contributed by atoms with Gasteiger partial charge in [0.15, 0.2) is 6.61 Å². The maximum absolute atomic E-state index is 12.5. The average Bonchev–Trinajstić information content (AvgIpc) is 2.71. The van der Waals surface area contributed by atoms with Crippen LogP contribution in [0.25, 0.3) is 0 Å². The van der Waals surface area contributed by atoms with E-state index in [0.717, 1.165) is 6.42 Å². The van der Waals surface area contributed by atoms with E-state index in [4.69, 9.17) is 14.2 Å². The van der Waals surface area contributed by atoms with Crippen molar-refractivity contribution in [3.05, 3.63) is 24.3 Å². The monoisotopic (exact) mass is 378 g/mol. The molecule has 1 fully saturated rings. The lowest BCUT2D eigenvalue weighted by atomic mass is 10.0. The third kappa shape index (κ3) is 6.22. The fourth-order valence-electron chi connectivity index (χ4n) is 2.60. The maximum atomic E-state index is 12.5. The molecule has 0 bridgehead atoms. The fraction of sp³-hybridized carbons (Fsp3) is 0.600. The normalized spacial score (nSPS) is 16.5. The second-order valence-electron chi connectivity index (χ2n) is 6.69. The first kappa shape index (κ1) is 21.2. The van der Waals surface area contributed by atoms with Crippen LogP contribution in [0.4, 0.5) is 5.69 Å². The van der Waals surface area contributed by atoms with Gasteiger partial charge in [-0.05, 0) is 44.0 Å². The molecule has 1 aromatic carbocycles. The zero-order valence-electron chi connectivity index (χ0n) is 16.5. The minimum atomic E-state index is -0.851. The molecule has 7 nitrogen and oxygen atoms in total. The Morgan fingerprint density at radius 2 is 1.85 bits per heavy atom. The number of carbonyl (C=O) groups is 2. The summed E-state index contributed by atoms with van der Waals surface area (Å²) < 4.78 is 16.5. The van der Waals surface area contributed by atoms with Crippen LogP contribution in [0.3, 0.4) is 0 Å². The lowest BCUT2D eigenvalue weighted by molar-refractivity contribution is -0.139. The SMILES string of the molecule is CCCOC(C)(CC)C(=O)Nc1ccc(OCC(=O)N2CCOCC2)cc1. The van der Waals surface area contributed by atoms with Gasteiger partial charge in [-0.3, -0.25) is 9.59 Å². The molecule has 1 unspecified atom stereocenters. The van der Waals surface area contributed by atoms with Gasteiger partial charge in [-0.2, -0.15) is 0 Å². The lowest BCUT2D eigenvalue weighted by Crippen LogP contribution is -2.43. The molecule has 0 saturated carbocycles. The highest BCUT2D eigenvalue weighted by molar-refractivity contribution is 5.97. The topological polar surface area (TPSA) is 77.1 Å². The fourth-order valence-corrected chi connectivity index (χ4v) is 2.60. The second kappa shape index (κ2) is 10.3. The first-order chi connectivity index (χ1) is 13.0. The van der Waals surface area contributed by atoms with Crippen molar-refractivity contribution in [1.82, 2.24) is 4.90 Å². The van der Waals surface area contributed by atoms with E-state index in [1.165, 1.54) is 0 Å². The van der Waals surface area contributed by atoms with Crippen LogP contribution in [-0.2, 0) is 19.1 Å². The standard InChI is InChI=1S/C20H30N2O5/c1-4-12-27-20(3,5-2)19(24)21-16-6-8-17(9-7-16)26-15-18(23)22-10-13-25-14-11-22/h6-9H,4-5,10-15H2,1-3H3,(H,21,24). The zero-order chi connectivity index (χ0) is 19.7. The predicted molar refractivity (Wildman–Crippen MR) is 103 cm³/mol. The summed E-state index contributed by atoms with van der Waals surface area (Å²) in [5, 5.41) is 2.88. The van der Waals surface area contributed by atoms with E-state index in [-0.39, 0.29) is 18.4 Å². The Morgan fingerprint density at radius 3 is 2.44 bits per heavy atom. The van der Waals surface area contributed by atoms with Gasteiger partial charge in [0, 0.05) is 25.4 Å². The van der Waals surface area contributed by atoms with Crippen LogP contribution < -0.4 is 10.1 Å². The van der Waals surface area contributed by atoms with Gasteiger partial charge in [-0.1, -0.05) is 13.8 Å². The molecule has 2 rings (SSSR count). The molecule has 1 heterocycles. The number of nitrogens with one attached hydrogen (secondary N) is 1. The Bertz CT molecular complexity index is 613. The second-order valence-corrected chi connectivity index (χ2v) is 6.69. The average molecular weight is 378 g/mol. The zero-order valence-corrected chi connectivity index (χ0v) is 16.5. The van der Waals surface area contributed by atoms with E-state index < -0.39 is 5.60 Å². The van der Waals surface area contributed by atoms with Gasteiger partial charge >= 0.3 is 0 Å². The molecule has 27 heavy (non-hydrogen) atoms. The highest BCUT2D eigenvalue weighted by Crippen LogP contribution is 2.21. The van der Waals surface area contributed by atoms with Crippen molar-refractivity contribution < 1.29 is 23.8 Å². The first-order valence-electron chi connectivity index (χ1n) is 9.52. The number of benzene rings is 1. The molecule has 7 heteroatoms.